The van der Waals surface area contributed by atoms with Crippen molar-refractivity contribution in [1.29, 1.82) is 0 Å². The van der Waals surface area contributed by atoms with Gasteiger partial charge in [0, 0.05) is 0 Å². The summed E-state index contributed by atoms with van der Waals surface area (Å²) >= 11 is 0. The summed E-state index contributed by atoms with van der Waals surface area (Å²) in [6.45, 7) is 0. The summed E-state index contributed by atoms with van der Waals surface area (Å²) in [5, 5.41) is 0. The third-order valence-electron chi connectivity index (χ3n) is 2.11. The average molecular weight is 209 g/mol. The molecule has 0 saturated heterocycles. The van der Waals surface area contributed by atoms with Gasteiger partial charge in [0.15, 0.2) is 0 Å². The van der Waals surface area contributed by atoms with Crippen molar-refractivity contribution < 1.29 is 9.53 Å². The van der Waals surface area contributed by atoms with E-state index in [9.17, 15) is 4.79 Å². The van der Waals surface area contributed by atoms with E-state index in [1.807, 2.05) is 0 Å². The number of carbonyl (C=O) groups is 1. The molecule has 0 aliphatic rings. The summed E-state index contributed by atoms with van der Waals surface area (Å²) in [4.78, 5) is 11.1. The fourth-order valence-electron chi connectivity index (χ4n) is 1.24. The first kappa shape index (κ1) is 11.3. The van der Waals surface area contributed by atoms with Crippen LogP contribution in [0.15, 0.2) is 18.2 Å². The second-order valence-electron chi connectivity index (χ2n) is 3.30. The SMILES string of the molecule is COC(=O)[C@H](N)Cc1ccc(N)c(N)c1. The van der Waals surface area contributed by atoms with Crippen LogP contribution in [0.2, 0.25) is 0 Å². The average Bonchev–Trinajstić information content (AvgIpc) is 2.22. The van der Waals surface area contributed by atoms with Crippen molar-refractivity contribution in [3.63, 3.8) is 0 Å². The number of methoxy groups -OCH3 is 1. The molecule has 5 heteroatoms. The van der Waals surface area contributed by atoms with E-state index in [1.165, 1.54) is 7.11 Å². The van der Waals surface area contributed by atoms with Gasteiger partial charge >= 0.3 is 5.97 Å². The molecule has 82 valence electrons. The normalized spacial score (nSPS) is 12.1. The van der Waals surface area contributed by atoms with Crippen LogP contribution >= 0.6 is 0 Å². The zero-order valence-electron chi connectivity index (χ0n) is 8.57. The van der Waals surface area contributed by atoms with E-state index in [0.29, 0.717) is 17.8 Å². The predicted octanol–water partition coefficient (Wildman–Crippen LogP) is -0.106. The Labute approximate surface area is 88.2 Å². The van der Waals surface area contributed by atoms with Crippen molar-refractivity contribution in [2.75, 3.05) is 18.6 Å². The monoisotopic (exact) mass is 209 g/mol. The molecule has 1 atom stereocenters. The van der Waals surface area contributed by atoms with Gasteiger partial charge in [-0.05, 0) is 24.1 Å². The molecule has 6 N–H and O–H groups in total. The smallest absolute Gasteiger partial charge is 0.322 e. The molecule has 0 aliphatic heterocycles. The first-order valence-electron chi connectivity index (χ1n) is 4.52. The first-order valence-corrected chi connectivity index (χ1v) is 4.52. The Morgan fingerprint density at radius 2 is 2.07 bits per heavy atom. The highest BCUT2D eigenvalue weighted by Gasteiger charge is 2.14. The molecule has 0 aromatic heterocycles. The summed E-state index contributed by atoms with van der Waals surface area (Å²) in [5.74, 6) is -0.439. The van der Waals surface area contributed by atoms with Crippen molar-refractivity contribution in [1.82, 2.24) is 0 Å². The van der Waals surface area contributed by atoms with Crippen LogP contribution in [-0.2, 0) is 16.0 Å². The van der Waals surface area contributed by atoms with E-state index in [-0.39, 0.29) is 0 Å². The van der Waals surface area contributed by atoms with Gasteiger partial charge in [-0.2, -0.15) is 0 Å². The fourth-order valence-corrected chi connectivity index (χ4v) is 1.24. The van der Waals surface area contributed by atoms with Crippen molar-refractivity contribution >= 4 is 17.3 Å². The van der Waals surface area contributed by atoms with Gasteiger partial charge in [-0.25, -0.2) is 0 Å². The topological polar surface area (TPSA) is 104 Å². The lowest BCUT2D eigenvalue weighted by atomic mass is 10.1. The maximum Gasteiger partial charge on any atom is 0.322 e. The lowest BCUT2D eigenvalue weighted by Gasteiger charge is -2.10. The van der Waals surface area contributed by atoms with Crippen molar-refractivity contribution in [2.24, 2.45) is 5.73 Å². The molecule has 0 bridgehead atoms. The number of carbonyl (C=O) groups excluding carboxylic acids is 1. The van der Waals surface area contributed by atoms with Crippen LogP contribution in [0.1, 0.15) is 5.56 Å². The Hall–Kier alpha value is -1.75. The van der Waals surface area contributed by atoms with Gasteiger partial charge in [0.25, 0.3) is 0 Å². The number of esters is 1. The van der Waals surface area contributed by atoms with Gasteiger partial charge in [-0.3, -0.25) is 4.79 Å². The molecular weight excluding hydrogens is 194 g/mol. The van der Waals surface area contributed by atoms with Crippen molar-refractivity contribution in [3.8, 4) is 0 Å². The van der Waals surface area contributed by atoms with Crippen molar-refractivity contribution in [2.45, 2.75) is 12.5 Å². The van der Waals surface area contributed by atoms with E-state index in [0.717, 1.165) is 5.56 Å². The molecule has 5 nitrogen and oxygen atoms in total. The number of rotatable bonds is 3. The summed E-state index contributed by atoms with van der Waals surface area (Å²) in [7, 11) is 1.31. The van der Waals surface area contributed by atoms with Gasteiger partial charge < -0.3 is 21.9 Å². The second kappa shape index (κ2) is 4.65. The third kappa shape index (κ3) is 2.85. The number of anilines is 2. The minimum Gasteiger partial charge on any atom is -0.468 e. The van der Waals surface area contributed by atoms with E-state index in [1.54, 1.807) is 18.2 Å². The molecule has 1 aromatic carbocycles. The van der Waals surface area contributed by atoms with E-state index in [2.05, 4.69) is 4.74 Å². The zero-order chi connectivity index (χ0) is 11.4. The van der Waals surface area contributed by atoms with Crippen LogP contribution in [-0.4, -0.2) is 19.1 Å². The maximum absolute atomic E-state index is 11.1. The van der Waals surface area contributed by atoms with Crippen LogP contribution in [0, 0.1) is 0 Å². The van der Waals surface area contributed by atoms with Gasteiger partial charge in [0.05, 0.1) is 18.5 Å². The number of nitrogens with two attached hydrogens (primary N) is 3. The van der Waals surface area contributed by atoms with Crippen LogP contribution in [0.5, 0.6) is 0 Å². The molecular formula is C10H15N3O2. The Kier molecular flexibility index (Phi) is 3.51. The highest BCUT2D eigenvalue weighted by molar-refractivity contribution is 5.76. The highest BCUT2D eigenvalue weighted by atomic mass is 16.5. The van der Waals surface area contributed by atoms with E-state index in [4.69, 9.17) is 17.2 Å². The third-order valence-corrected chi connectivity index (χ3v) is 2.11. The quantitative estimate of drug-likeness (QED) is 0.476. The molecule has 0 aliphatic carbocycles. The van der Waals surface area contributed by atoms with Crippen LogP contribution < -0.4 is 17.2 Å². The predicted molar refractivity (Wildman–Crippen MR) is 59.0 cm³/mol. The molecule has 0 fully saturated rings. The van der Waals surface area contributed by atoms with Gasteiger partial charge in [-0.1, -0.05) is 6.07 Å². The summed E-state index contributed by atoms with van der Waals surface area (Å²) in [5.41, 5.74) is 18.7. The molecule has 1 rings (SSSR count). The lowest BCUT2D eigenvalue weighted by Crippen LogP contribution is -2.33. The molecule has 0 spiro atoms. The molecule has 0 saturated carbocycles. The van der Waals surface area contributed by atoms with Crippen molar-refractivity contribution in [3.05, 3.63) is 23.8 Å². The Morgan fingerprint density at radius 1 is 1.40 bits per heavy atom. The Morgan fingerprint density at radius 3 is 2.60 bits per heavy atom. The molecule has 0 heterocycles. The van der Waals surface area contributed by atoms with Gasteiger partial charge in [0.2, 0.25) is 0 Å². The molecule has 15 heavy (non-hydrogen) atoms. The fraction of sp³-hybridized carbons (Fsp3) is 0.300. The lowest BCUT2D eigenvalue weighted by molar-refractivity contribution is -0.142. The number of nitrogen functional groups attached to an aromatic ring is 2. The minimum atomic E-state index is -0.668. The largest absolute Gasteiger partial charge is 0.468 e. The zero-order valence-corrected chi connectivity index (χ0v) is 8.57. The Balaban J connectivity index is 2.73. The number of hydrogen-bond donors (Lipinski definition) is 3. The summed E-state index contributed by atoms with van der Waals surface area (Å²) in [6, 6.07) is 4.51. The van der Waals surface area contributed by atoms with Crippen LogP contribution in [0.4, 0.5) is 11.4 Å². The molecule has 0 unspecified atom stereocenters. The van der Waals surface area contributed by atoms with Gasteiger partial charge in [-0.15, -0.1) is 0 Å². The van der Waals surface area contributed by atoms with Gasteiger partial charge in [0.1, 0.15) is 6.04 Å². The second-order valence-corrected chi connectivity index (χ2v) is 3.30. The Bertz CT molecular complexity index is 366. The number of hydrogen-bond acceptors (Lipinski definition) is 5. The van der Waals surface area contributed by atoms with E-state index >= 15 is 0 Å². The number of benzene rings is 1. The minimum absolute atomic E-state index is 0.386. The molecule has 0 radical (unpaired) electrons. The summed E-state index contributed by atoms with van der Waals surface area (Å²) in [6.07, 6.45) is 0.386. The standard InChI is InChI=1S/C10H15N3O2/c1-15-10(14)9(13)5-6-2-3-7(11)8(12)4-6/h2-4,9H,5,11-13H2,1H3/t9-/m1/s1. The van der Waals surface area contributed by atoms with E-state index < -0.39 is 12.0 Å². The summed E-state index contributed by atoms with van der Waals surface area (Å²) < 4.78 is 4.52. The maximum atomic E-state index is 11.1. The van der Waals surface area contributed by atoms with Crippen LogP contribution in [0.25, 0.3) is 0 Å². The first-order chi connectivity index (χ1) is 7.04. The number of ether oxygens (including phenoxy) is 1. The molecule has 1 aromatic rings. The molecule has 0 amide bonds. The highest BCUT2D eigenvalue weighted by Crippen LogP contribution is 2.16. The van der Waals surface area contributed by atoms with Crippen LogP contribution in [0.3, 0.4) is 0 Å².